The molecule has 0 atom stereocenters. The van der Waals surface area contributed by atoms with Gasteiger partial charge < -0.3 is 17.1 Å². The topological polar surface area (TPSA) is 54.0 Å². The Bertz CT molecular complexity index is 335. The lowest BCUT2D eigenvalue weighted by molar-refractivity contribution is -0.697. The molecule has 0 aliphatic rings. The second-order valence-corrected chi connectivity index (χ2v) is 2.67. The van der Waals surface area contributed by atoms with Crippen LogP contribution in [0.15, 0.2) is 30.6 Å². The summed E-state index contributed by atoms with van der Waals surface area (Å²) in [5.41, 5.74) is 0. The van der Waals surface area contributed by atoms with Crippen molar-refractivity contribution in [2.24, 2.45) is 0 Å². The molecule has 0 fully saturated rings. The number of nitriles is 1. The van der Waals surface area contributed by atoms with Crippen LogP contribution in [0.3, 0.4) is 0 Å². The first-order valence-corrected chi connectivity index (χ1v) is 4.29. The van der Waals surface area contributed by atoms with Gasteiger partial charge in [0.05, 0.1) is 6.07 Å². The lowest BCUT2D eigenvalue weighted by Crippen LogP contribution is -3.00. The Kier molecular flexibility index (Phi) is 6.94. The van der Waals surface area contributed by atoms with E-state index >= 15 is 0 Å². The van der Waals surface area contributed by atoms with Crippen molar-refractivity contribution in [2.75, 3.05) is 6.61 Å². The Morgan fingerprint density at radius 3 is 2.60 bits per heavy atom. The third kappa shape index (κ3) is 5.66. The quantitative estimate of drug-likeness (QED) is 0.419. The zero-order valence-corrected chi connectivity index (χ0v) is 8.85. The van der Waals surface area contributed by atoms with Gasteiger partial charge in [-0.25, -0.2) is 4.57 Å². The molecular formula is C10H11ClN2O2. The second-order valence-electron chi connectivity index (χ2n) is 2.67. The highest BCUT2D eigenvalue weighted by molar-refractivity contribution is 5.71. The van der Waals surface area contributed by atoms with Gasteiger partial charge in [0, 0.05) is 12.1 Å². The van der Waals surface area contributed by atoms with Gasteiger partial charge in [-0.05, 0) is 0 Å². The molecule has 1 heterocycles. The van der Waals surface area contributed by atoms with Gasteiger partial charge in [-0.1, -0.05) is 6.07 Å². The molecule has 1 aromatic rings. The maximum Gasteiger partial charge on any atom is 0.320 e. The van der Waals surface area contributed by atoms with Crippen molar-refractivity contribution >= 4 is 5.97 Å². The Morgan fingerprint density at radius 2 is 2.00 bits per heavy atom. The van der Waals surface area contributed by atoms with Crippen LogP contribution >= 0.6 is 0 Å². The van der Waals surface area contributed by atoms with E-state index in [1.165, 1.54) is 0 Å². The summed E-state index contributed by atoms with van der Waals surface area (Å²) in [5, 5.41) is 8.20. The minimum atomic E-state index is -0.468. The van der Waals surface area contributed by atoms with Crippen molar-refractivity contribution in [2.45, 2.75) is 13.0 Å². The van der Waals surface area contributed by atoms with Gasteiger partial charge in [0.1, 0.15) is 6.42 Å². The fraction of sp³-hybridized carbons (Fsp3) is 0.300. The minimum Gasteiger partial charge on any atom is -1.00 e. The average Bonchev–Trinajstić information content (AvgIpc) is 2.20. The molecule has 0 aliphatic heterocycles. The summed E-state index contributed by atoms with van der Waals surface area (Å²) < 4.78 is 6.71. The predicted octanol–water partition coefficient (Wildman–Crippen LogP) is -2.57. The first kappa shape index (κ1) is 13.4. The smallest absolute Gasteiger partial charge is 0.320 e. The van der Waals surface area contributed by atoms with Crippen LogP contribution in [-0.2, 0) is 16.1 Å². The van der Waals surface area contributed by atoms with Gasteiger partial charge in [0.25, 0.3) is 0 Å². The van der Waals surface area contributed by atoms with Gasteiger partial charge in [0.15, 0.2) is 25.5 Å². The fourth-order valence-corrected chi connectivity index (χ4v) is 0.964. The number of esters is 1. The summed E-state index contributed by atoms with van der Waals surface area (Å²) in [6.45, 7) is 0.910. The standard InChI is InChI=1S/C10H11N2O2.ClH/c11-5-4-10(13)14-9-8-12-6-2-1-3-7-12;/h1-3,6-7H,4,8-9H2;1H/q+1;/p-1. The molecular weight excluding hydrogens is 216 g/mol. The number of aromatic nitrogens is 1. The van der Waals surface area contributed by atoms with E-state index in [0.29, 0.717) is 13.2 Å². The van der Waals surface area contributed by atoms with Gasteiger partial charge in [0.2, 0.25) is 0 Å². The van der Waals surface area contributed by atoms with Crippen LogP contribution < -0.4 is 17.0 Å². The van der Waals surface area contributed by atoms with Crippen LogP contribution in [0.5, 0.6) is 0 Å². The molecule has 0 radical (unpaired) electrons. The number of hydrogen-bond donors (Lipinski definition) is 0. The highest BCUT2D eigenvalue weighted by atomic mass is 35.5. The summed E-state index contributed by atoms with van der Waals surface area (Å²) >= 11 is 0. The molecule has 4 nitrogen and oxygen atoms in total. The van der Waals surface area contributed by atoms with Crippen molar-refractivity contribution in [3.8, 4) is 6.07 Å². The lowest BCUT2D eigenvalue weighted by atomic mass is 10.5. The highest BCUT2D eigenvalue weighted by Crippen LogP contribution is 1.84. The molecule has 0 aromatic carbocycles. The molecule has 0 bridgehead atoms. The van der Waals surface area contributed by atoms with Gasteiger partial charge >= 0.3 is 5.97 Å². The van der Waals surface area contributed by atoms with Crippen LogP contribution in [0, 0.1) is 11.3 Å². The normalized spacial score (nSPS) is 8.47. The third-order valence-corrected chi connectivity index (χ3v) is 1.61. The largest absolute Gasteiger partial charge is 1.00 e. The summed E-state index contributed by atoms with van der Waals surface area (Å²) in [6.07, 6.45) is 3.59. The second kappa shape index (κ2) is 7.77. The number of ether oxygens (including phenoxy) is 1. The van der Waals surface area contributed by atoms with E-state index in [1.807, 2.05) is 35.2 Å². The van der Waals surface area contributed by atoms with Crippen molar-refractivity contribution in [1.82, 2.24) is 0 Å². The summed E-state index contributed by atoms with van der Waals surface area (Å²) in [7, 11) is 0. The number of hydrogen-bond acceptors (Lipinski definition) is 3. The molecule has 0 spiro atoms. The van der Waals surface area contributed by atoms with E-state index in [9.17, 15) is 4.79 Å². The molecule has 1 rings (SSSR count). The Hall–Kier alpha value is -1.60. The van der Waals surface area contributed by atoms with Crippen LogP contribution in [0.2, 0.25) is 0 Å². The van der Waals surface area contributed by atoms with Crippen molar-refractivity contribution in [1.29, 1.82) is 5.26 Å². The number of halogens is 1. The average molecular weight is 227 g/mol. The minimum absolute atomic E-state index is 0. The Morgan fingerprint density at radius 1 is 1.33 bits per heavy atom. The van der Waals surface area contributed by atoms with Gasteiger partial charge in [-0.3, -0.25) is 4.79 Å². The van der Waals surface area contributed by atoms with Crippen molar-refractivity contribution < 1.29 is 26.5 Å². The molecule has 0 saturated carbocycles. The van der Waals surface area contributed by atoms with Crippen LogP contribution in [-0.4, -0.2) is 12.6 Å². The first-order valence-electron chi connectivity index (χ1n) is 4.29. The number of rotatable bonds is 4. The van der Waals surface area contributed by atoms with E-state index in [4.69, 9.17) is 10.00 Å². The maximum atomic E-state index is 10.8. The third-order valence-electron chi connectivity index (χ3n) is 1.61. The van der Waals surface area contributed by atoms with E-state index in [-0.39, 0.29) is 18.8 Å². The number of nitrogens with zero attached hydrogens (tertiary/aromatic N) is 2. The maximum absolute atomic E-state index is 10.8. The van der Waals surface area contributed by atoms with Crippen LogP contribution in [0.25, 0.3) is 0 Å². The molecule has 0 saturated heterocycles. The predicted molar refractivity (Wildman–Crippen MR) is 47.8 cm³/mol. The van der Waals surface area contributed by atoms with Crippen LogP contribution in [0.4, 0.5) is 0 Å². The number of carbonyl (C=O) groups excluding carboxylic acids is 1. The van der Waals surface area contributed by atoms with Gasteiger partial charge in [-0.2, -0.15) is 5.26 Å². The molecule has 0 aliphatic carbocycles. The van der Waals surface area contributed by atoms with Crippen LogP contribution in [0.1, 0.15) is 6.42 Å². The molecule has 80 valence electrons. The van der Waals surface area contributed by atoms with Gasteiger partial charge in [-0.15, -0.1) is 0 Å². The summed E-state index contributed by atoms with van der Waals surface area (Å²) in [4.78, 5) is 10.8. The summed E-state index contributed by atoms with van der Waals surface area (Å²) in [6, 6.07) is 7.45. The SMILES string of the molecule is N#CCC(=O)OCC[n+]1ccccc1.[Cl-]. The summed E-state index contributed by atoms with van der Waals surface area (Å²) in [5.74, 6) is -0.468. The molecule has 5 heteroatoms. The molecule has 0 N–H and O–H groups in total. The first-order chi connectivity index (χ1) is 6.83. The van der Waals surface area contributed by atoms with Crippen molar-refractivity contribution in [3.63, 3.8) is 0 Å². The molecule has 15 heavy (non-hydrogen) atoms. The molecule has 0 amide bonds. The van der Waals surface area contributed by atoms with E-state index in [1.54, 1.807) is 6.07 Å². The monoisotopic (exact) mass is 226 g/mol. The van der Waals surface area contributed by atoms with E-state index < -0.39 is 5.97 Å². The molecule has 0 unspecified atom stereocenters. The zero-order valence-electron chi connectivity index (χ0n) is 8.10. The van der Waals surface area contributed by atoms with Crippen molar-refractivity contribution in [3.05, 3.63) is 30.6 Å². The Balaban J connectivity index is 0.00000196. The fourth-order valence-electron chi connectivity index (χ4n) is 0.964. The Labute approximate surface area is 94.5 Å². The number of pyridine rings is 1. The lowest BCUT2D eigenvalue weighted by Gasteiger charge is -1.98. The zero-order chi connectivity index (χ0) is 10.2. The van der Waals surface area contributed by atoms with E-state index in [0.717, 1.165) is 0 Å². The van der Waals surface area contributed by atoms with E-state index in [2.05, 4.69) is 0 Å². The number of carbonyl (C=O) groups is 1. The molecule has 1 aromatic heterocycles. The highest BCUT2D eigenvalue weighted by Gasteiger charge is 2.03.